The molecule has 260 valence electrons. The first-order chi connectivity index (χ1) is 24.7. The molecule has 51 heavy (non-hydrogen) atoms. The number of nitrogens with zero attached hydrogens (tertiary/aromatic N) is 5. The number of rotatable bonds is 9. The van der Waals surface area contributed by atoms with Gasteiger partial charge in [-0.05, 0) is 78.6 Å². The fourth-order valence-electron chi connectivity index (χ4n) is 7.29. The molecule has 4 heterocycles. The fourth-order valence-corrected chi connectivity index (χ4v) is 8.56. The molecule has 2 amide bonds. The van der Waals surface area contributed by atoms with E-state index in [9.17, 15) is 18.0 Å². The molecule has 1 saturated carbocycles. The molecule has 1 atom stereocenters. The van der Waals surface area contributed by atoms with Gasteiger partial charge in [-0.25, -0.2) is 18.4 Å². The van der Waals surface area contributed by atoms with Crippen molar-refractivity contribution in [1.82, 2.24) is 30.0 Å². The summed E-state index contributed by atoms with van der Waals surface area (Å²) in [6.07, 6.45) is 9.83. The molecule has 2 aromatic heterocycles. The first-order valence-electron chi connectivity index (χ1n) is 17.3. The maximum Gasteiger partial charge on any atom is 0.247 e. The lowest BCUT2D eigenvalue weighted by atomic mass is 9.98. The first-order valence-corrected chi connectivity index (χ1v) is 19.2. The molecule has 2 fully saturated rings. The molecular formula is C39H39N7O4S. The van der Waals surface area contributed by atoms with Crippen LogP contribution in [0.15, 0.2) is 91.3 Å². The zero-order valence-electron chi connectivity index (χ0n) is 28.4. The van der Waals surface area contributed by atoms with Gasteiger partial charge in [-0.15, -0.1) is 0 Å². The number of carbonyl (C=O) groups excluding carboxylic acids is 2. The van der Waals surface area contributed by atoms with Crippen LogP contribution in [0.1, 0.15) is 42.7 Å². The van der Waals surface area contributed by atoms with E-state index < -0.39 is 20.5 Å². The number of amides is 2. The lowest BCUT2D eigenvalue weighted by Crippen LogP contribution is -2.52. The van der Waals surface area contributed by atoms with E-state index in [2.05, 4.69) is 55.8 Å². The van der Waals surface area contributed by atoms with Crippen LogP contribution in [0.2, 0.25) is 0 Å². The zero-order chi connectivity index (χ0) is 35.2. The Kier molecular flexibility index (Phi) is 8.51. The summed E-state index contributed by atoms with van der Waals surface area (Å²) < 4.78 is 24.9. The van der Waals surface area contributed by atoms with Gasteiger partial charge in [-0.3, -0.25) is 19.6 Å². The quantitative estimate of drug-likeness (QED) is 0.211. The summed E-state index contributed by atoms with van der Waals surface area (Å²) in [4.78, 5) is 39.5. The highest BCUT2D eigenvalue weighted by molar-refractivity contribution is 7.93. The van der Waals surface area contributed by atoms with Crippen LogP contribution in [-0.2, 0) is 19.4 Å². The number of hydrogen-bond donors (Lipinski definition) is 2. The molecule has 3 aromatic carbocycles. The van der Waals surface area contributed by atoms with E-state index in [1.807, 2.05) is 36.4 Å². The molecule has 0 bridgehead atoms. The Morgan fingerprint density at radius 1 is 0.941 bits per heavy atom. The molecule has 11 nitrogen and oxygen atoms in total. The van der Waals surface area contributed by atoms with Crippen LogP contribution in [0.5, 0.6) is 0 Å². The Morgan fingerprint density at radius 2 is 1.73 bits per heavy atom. The van der Waals surface area contributed by atoms with Gasteiger partial charge in [-0.1, -0.05) is 48.5 Å². The van der Waals surface area contributed by atoms with Crippen LogP contribution in [0, 0.1) is 0 Å². The second-order valence-corrected chi connectivity index (χ2v) is 16.2. The van der Waals surface area contributed by atoms with E-state index in [-0.39, 0.29) is 25.4 Å². The van der Waals surface area contributed by atoms with Gasteiger partial charge in [-0.2, -0.15) is 5.10 Å². The van der Waals surface area contributed by atoms with Crippen LogP contribution in [0.4, 0.5) is 5.69 Å². The van der Waals surface area contributed by atoms with Gasteiger partial charge >= 0.3 is 0 Å². The third-order valence-electron chi connectivity index (χ3n) is 10.5. The number of aromatic nitrogens is 4. The number of hydrogen-bond acceptors (Lipinski definition) is 8. The molecule has 0 radical (unpaired) electrons. The molecule has 12 heteroatoms. The van der Waals surface area contributed by atoms with Crippen LogP contribution in [-0.4, -0.2) is 93.9 Å². The lowest BCUT2D eigenvalue weighted by molar-refractivity contribution is -0.132. The Morgan fingerprint density at radius 3 is 2.45 bits per heavy atom. The smallest absolute Gasteiger partial charge is 0.247 e. The molecule has 0 spiro atoms. The highest BCUT2D eigenvalue weighted by Gasteiger charge is 2.53. The third-order valence-corrected chi connectivity index (χ3v) is 12.4. The minimum absolute atomic E-state index is 0.0454. The summed E-state index contributed by atoms with van der Waals surface area (Å²) in [5, 5.41) is 11.4. The van der Waals surface area contributed by atoms with Crippen molar-refractivity contribution < 1.29 is 18.0 Å². The average Bonchev–Trinajstić information content (AvgIpc) is 3.77. The van der Waals surface area contributed by atoms with Crippen molar-refractivity contribution in [2.45, 2.75) is 36.3 Å². The predicted molar refractivity (Wildman–Crippen MR) is 197 cm³/mol. The summed E-state index contributed by atoms with van der Waals surface area (Å²) >= 11 is 0. The van der Waals surface area contributed by atoms with E-state index in [1.54, 1.807) is 34.3 Å². The Balaban J connectivity index is 0.924. The van der Waals surface area contributed by atoms with Crippen molar-refractivity contribution in [3.8, 4) is 22.6 Å². The molecule has 8 rings (SSSR count). The highest BCUT2D eigenvalue weighted by atomic mass is 32.2. The summed E-state index contributed by atoms with van der Waals surface area (Å²) in [5.41, 5.74) is 7.58. The summed E-state index contributed by atoms with van der Waals surface area (Å²) in [5.74, 6) is 0.604. The summed E-state index contributed by atoms with van der Waals surface area (Å²) in [6.45, 7) is 1.34. The molecule has 1 saturated heterocycles. The van der Waals surface area contributed by atoms with E-state index in [0.29, 0.717) is 43.5 Å². The number of likely N-dealkylation sites (tertiary alicyclic amines) is 1. The van der Waals surface area contributed by atoms with Crippen molar-refractivity contribution in [3.05, 3.63) is 102 Å². The molecule has 5 aromatic rings. The van der Waals surface area contributed by atoms with Crippen LogP contribution < -0.4 is 5.32 Å². The van der Waals surface area contributed by atoms with Gasteiger partial charge in [0.2, 0.25) is 11.8 Å². The minimum Gasteiger partial charge on any atom is -0.338 e. The number of H-pyrrole nitrogens is 1. The van der Waals surface area contributed by atoms with Gasteiger partial charge in [0.25, 0.3) is 0 Å². The monoisotopic (exact) mass is 701 g/mol. The fraction of sp³-hybridized carbons (Fsp3) is 0.308. The largest absolute Gasteiger partial charge is 0.338 e. The SMILES string of the molecule is CS(=O)(=O)[C@@]1(C(=O)Nc2ccc3[nH]nc(-c4cccc(C5CC5)c4)c3c2)CCN(CC(=O)N2CC=C(c3ccc(-c4ncccn4)cc3)CC2)C1. The van der Waals surface area contributed by atoms with Gasteiger partial charge in [0.15, 0.2) is 20.4 Å². The van der Waals surface area contributed by atoms with E-state index in [1.165, 1.54) is 24.0 Å². The van der Waals surface area contributed by atoms with Gasteiger partial charge in [0.1, 0.15) is 0 Å². The molecule has 2 N–H and O–H groups in total. The third kappa shape index (κ3) is 6.57. The molecule has 3 aliphatic rings. The van der Waals surface area contributed by atoms with Gasteiger partial charge < -0.3 is 10.2 Å². The van der Waals surface area contributed by atoms with E-state index in [0.717, 1.165) is 39.5 Å². The van der Waals surface area contributed by atoms with Gasteiger partial charge in [0.05, 0.1) is 17.8 Å². The number of nitrogens with one attached hydrogen (secondary N) is 2. The maximum absolute atomic E-state index is 13.9. The van der Waals surface area contributed by atoms with Gasteiger partial charge in [0, 0.05) is 67.0 Å². The molecular weight excluding hydrogens is 663 g/mol. The Hall–Kier alpha value is -5.20. The number of anilines is 1. The molecule has 1 aliphatic carbocycles. The van der Waals surface area contributed by atoms with Crippen molar-refractivity contribution in [2.24, 2.45) is 0 Å². The summed E-state index contributed by atoms with van der Waals surface area (Å²) in [7, 11) is -3.84. The van der Waals surface area contributed by atoms with Crippen molar-refractivity contribution in [1.29, 1.82) is 0 Å². The zero-order valence-corrected chi connectivity index (χ0v) is 29.2. The van der Waals surface area contributed by atoms with Crippen LogP contribution in [0.3, 0.4) is 0 Å². The lowest BCUT2D eigenvalue weighted by Gasteiger charge is -2.29. The van der Waals surface area contributed by atoms with Crippen molar-refractivity contribution in [2.75, 3.05) is 44.3 Å². The van der Waals surface area contributed by atoms with Crippen molar-refractivity contribution in [3.63, 3.8) is 0 Å². The van der Waals surface area contributed by atoms with E-state index >= 15 is 0 Å². The second-order valence-electron chi connectivity index (χ2n) is 13.9. The Bertz CT molecular complexity index is 2270. The van der Waals surface area contributed by atoms with E-state index in [4.69, 9.17) is 0 Å². The number of aromatic amines is 1. The topological polar surface area (TPSA) is 141 Å². The predicted octanol–water partition coefficient (Wildman–Crippen LogP) is 5.31. The number of sulfone groups is 1. The standard InChI is InChI=1S/C39H39N7O4S/c1-51(49,50)39(38(48)42-32-12-13-34-33(23-32)36(44-43-34)31-5-2-4-30(22-31)27-6-7-27)16-21-45(25-39)24-35(47)46-19-14-28(15-20-46)26-8-10-29(11-9-26)37-40-17-3-18-41-37/h2-5,8-14,17-18,22-23,27H,6-7,15-16,19-21,24-25H2,1H3,(H,42,48)(H,43,44)/t39-/m0/s1. The number of benzene rings is 3. The van der Waals surface area contributed by atoms with Crippen molar-refractivity contribution >= 4 is 43.8 Å². The maximum atomic E-state index is 13.9. The molecule has 0 unspecified atom stereocenters. The molecule has 2 aliphatic heterocycles. The minimum atomic E-state index is -3.84. The van der Waals surface area contributed by atoms with Crippen LogP contribution in [0.25, 0.3) is 39.1 Å². The normalized spacial score (nSPS) is 19.6. The highest BCUT2D eigenvalue weighted by Crippen LogP contribution is 2.41. The average molecular weight is 702 g/mol. The summed E-state index contributed by atoms with van der Waals surface area (Å²) in [6, 6.07) is 23.7. The second kappa shape index (κ2) is 13.2. The number of carbonyl (C=O) groups is 2. The number of fused-ring (bicyclic) bond motifs is 1. The first kappa shape index (κ1) is 33.0. The van der Waals surface area contributed by atoms with Crippen LogP contribution >= 0.6 is 0 Å². The Labute approximate surface area is 296 Å².